The lowest BCUT2D eigenvalue weighted by molar-refractivity contribution is -0.142. The number of aliphatic carboxylic acids is 1. The molecule has 1 aliphatic rings. The van der Waals surface area contributed by atoms with Crippen molar-refractivity contribution in [1.29, 1.82) is 0 Å². The molecule has 2 atom stereocenters. The Morgan fingerprint density at radius 2 is 2.20 bits per heavy atom. The molecule has 1 aliphatic carbocycles. The van der Waals surface area contributed by atoms with E-state index in [0.717, 1.165) is 12.8 Å². The zero-order chi connectivity index (χ0) is 14.5. The van der Waals surface area contributed by atoms with Gasteiger partial charge in [-0.25, -0.2) is 0 Å². The van der Waals surface area contributed by atoms with E-state index in [1.807, 2.05) is 0 Å². The second kappa shape index (κ2) is 6.41. The van der Waals surface area contributed by atoms with E-state index in [0.29, 0.717) is 24.3 Å². The predicted molar refractivity (Wildman–Crippen MR) is 73.8 cm³/mol. The first-order chi connectivity index (χ1) is 9.61. The molecule has 1 fully saturated rings. The minimum absolute atomic E-state index is 0.0297. The summed E-state index contributed by atoms with van der Waals surface area (Å²) < 4.78 is 5.07. The number of rotatable bonds is 5. The van der Waals surface area contributed by atoms with Crippen LogP contribution < -0.4 is 10.1 Å². The number of benzene rings is 1. The van der Waals surface area contributed by atoms with Crippen LogP contribution in [0.25, 0.3) is 0 Å². The highest BCUT2D eigenvalue weighted by Gasteiger charge is 2.32. The zero-order valence-electron chi connectivity index (χ0n) is 11.5. The summed E-state index contributed by atoms with van der Waals surface area (Å²) in [7, 11) is 1.55. The van der Waals surface area contributed by atoms with E-state index >= 15 is 0 Å². The first-order valence-electron chi connectivity index (χ1n) is 6.77. The number of carboxylic acid groups (broad SMARTS) is 1. The maximum absolute atomic E-state index is 12.0. The quantitative estimate of drug-likeness (QED) is 0.862. The number of carbonyl (C=O) groups is 2. The molecule has 2 unspecified atom stereocenters. The minimum atomic E-state index is -0.761. The smallest absolute Gasteiger partial charge is 0.306 e. The fourth-order valence-electron chi connectivity index (χ4n) is 2.70. The van der Waals surface area contributed by atoms with Gasteiger partial charge in [-0.2, -0.15) is 0 Å². The first-order valence-corrected chi connectivity index (χ1v) is 6.77. The van der Waals surface area contributed by atoms with Gasteiger partial charge >= 0.3 is 5.97 Å². The Morgan fingerprint density at radius 1 is 1.40 bits per heavy atom. The molecule has 0 heterocycles. The number of carbonyl (C=O) groups excluding carboxylic acids is 1. The Hall–Kier alpha value is -2.04. The number of hydrogen-bond acceptors (Lipinski definition) is 3. The Kier molecular flexibility index (Phi) is 4.61. The lowest BCUT2D eigenvalue weighted by Crippen LogP contribution is -2.33. The molecule has 0 aromatic heterocycles. The Balaban J connectivity index is 1.93. The van der Waals surface area contributed by atoms with Crippen LogP contribution in [0.4, 0.5) is 0 Å². The van der Waals surface area contributed by atoms with Crippen LogP contribution in [0.1, 0.15) is 29.6 Å². The molecule has 20 heavy (non-hydrogen) atoms. The molecular weight excluding hydrogens is 258 g/mol. The Morgan fingerprint density at radius 3 is 2.90 bits per heavy atom. The molecule has 0 spiro atoms. The van der Waals surface area contributed by atoms with Gasteiger partial charge in [0.05, 0.1) is 13.0 Å². The SMILES string of the molecule is COc1cccc(C(=O)NCC2CCCC2C(=O)O)c1. The van der Waals surface area contributed by atoms with Gasteiger partial charge in [-0.15, -0.1) is 0 Å². The molecule has 5 heteroatoms. The molecule has 0 radical (unpaired) electrons. The van der Waals surface area contributed by atoms with Crippen molar-refractivity contribution in [3.63, 3.8) is 0 Å². The fraction of sp³-hybridized carbons (Fsp3) is 0.467. The van der Waals surface area contributed by atoms with Gasteiger partial charge < -0.3 is 15.2 Å². The standard InChI is InChI=1S/C15H19NO4/c1-20-12-6-2-4-10(8-12)14(17)16-9-11-5-3-7-13(11)15(18)19/h2,4,6,8,11,13H,3,5,7,9H2,1H3,(H,16,17)(H,18,19). The lowest BCUT2D eigenvalue weighted by atomic mass is 9.96. The Labute approximate surface area is 117 Å². The number of carboxylic acids is 1. The summed E-state index contributed by atoms with van der Waals surface area (Å²) in [6.07, 6.45) is 2.47. The number of amides is 1. The van der Waals surface area contributed by atoms with Gasteiger partial charge in [-0.1, -0.05) is 12.5 Å². The average Bonchev–Trinajstić information content (AvgIpc) is 2.93. The van der Waals surface area contributed by atoms with E-state index in [2.05, 4.69) is 5.32 Å². The van der Waals surface area contributed by atoms with Crippen molar-refractivity contribution >= 4 is 11.9 Å². The van der Waals surface area contributed by atoms with Crippen LogP contribution in [0.3, 0.4) is 0 Å². The molecule has 1 saturated carbocycles. The summed E-state index contributed by atoms with van der Waals surface area (Å²) in [5.74, 6) is -0.632. The largest absolute Gasteiger partial charge is 0.497 e. The van der Waals surface area contributed by atoms with Crippen molar-refractivity contribution in [1.82, 2.24) is 5.32 Å². The molecule has 2 rings (SSSR count). The van der Waals surface area contributed by atoms with Crippen molar-refractivity contribution in [3.05, 3.63) is 29.8 Å². The van der Waals surface area contributed by atoms with E-state index in [-0.39, 0.29) is 17.7 Å². The third-order valence-corrected chi connectivity index (χ3v) is 3.83. The monoisotopic (exact) mass is 277 g/mol. The molecule has 0 aliphatic heterocycles. The molecule has 108 valence electrons. The highest BCUT2D eigenvalue weighted by Crippen LogP contribution is 2.31. The van der Waals surface area contributed by atoms with Crippen LogP contribution in [0.2, 0.25) is 0 Å². The third kappa shape index (κ3) is 3.29. The van der Waals surface area contributed by atoms with Crippen LogP contribution in [-0.4, -0.2) is 30.6 Å². The molecule has 5 nitrogen and oxygen atoms in total. The van der Waals surface area contributed by atoms with E-state index in [4.69, 9.17) is 9.84 Å². The Bertz CT molecular complexity index is 500. The normalized spacial score (nSPS) is 21.4. The summed E-state index contributed by atoms with van der Waals surface area (Å²) in [4.78, 5) is 23.1. The van der Waals surface area contributed by atoms with Crippen LogP contribution in [0.15, 0.2) is 24.3 Å². The van der Waals surface area contributed by atoms with Crippen LogP contribution in [-0.2, 0) is 4.79 Å². The summed E-state index contributed by atoms with van der Waals surface area (Å²) in [6.45, 7) is 0.410. The maximum atomic E-state index is 12.0. The van der Waals surface area contributed by atoms with E-state index in [9.17, 15) is 9.59 Å². The van der Waals surface area contributed by atoms with Gasteiger partial charge in [-0.3, -0.25) is 9.59 Å². The van der Waals surface area contributed by atoms with Crippen LogP contribution in [0, 0.1) is 11.8 Å². The molecular formula is C15H19NO4. The number of nitrogens with one attached hydrogen (secondary N) is 1. The van der Waals surface area contributed by atoms with Gasteiger partial charge in [0.2, 0.25) is 0 Å². The summed E-state index contributed by atoms with van der Waals surface area (Å²) >= 11 is 0. The molecule has 1 aromatic carbocycles. The average molecular weight is 277 g/mol. The number of ether oxygens (including phenoxy) is 1. The highest BCUT2D eigenvalue weighted by atomic mass is 16.5. The molecule has 0 bridgehead atoms. The van der Waals surface area contributed by atoms with Gasteiger partial charge in [0.15, 0.2) is 0 Å². The summed E-state index contributed by atoms with van der Waals surface area (Å²) in [6, 6.07) is 6.90. The van der Waals surface area contributed by atoms with Gasteiger partial charge in [-0.05, 0) is 37.0 Å². The molecule has 2 N–H and O–H groups in total. The van der Waals surface area contributed by atoms with Gasteiger partial charge in [0, 0.05) is 12.1 Å². The first kappa shape index (κ1) is 14.4. The summed E-state index contributed by atoms with van der Waals surface area (Å²) in [5.41, 5.74) is 0.522. The van der Waals surface area contributed by atoms with E-state index < -0.39 is 5.97 Å². The number of hydrogen-bond donors (Lipinski definition) is 2. The topological polar surface area (TPSA) is 75.6 Å². The van der Waals surface area contributed by atoms with Crippen molar-refractivity contribution in [2.75, 3.05) is 13.7 Å². The second-order valence-electron chi connectivity index (χ2n) is 5.08. The van der Waals surface area contributed by atoms with Crippen molar-refractivity contribution in [2.45, 2.75) is 19.3 Å². The lowest BCUT2D eigenvalue weighted by Gasteiger charge is -2.16. The van der Waals surface area contributed by atoms with Crippen molar-refractivity contribution in [2.24, 2.45) is 11.8 Å². The zero-order valence-corrected chi connectivity index (χ0v) is 11.5. The van der Waals surface area contributed by atoms with Crippen molar-refractivity contribution < 1.29 is 19.4 Å². The van der Waals surface area contributed by atoms with Gasteiger partial charge in [0.25, 0.3) is 5.91 Å². The van der Waals surface area contributed by atoms with Gasteiger partial charge in [0.1, 0.15) is 5.75 Å². The molecule has 1 amide bonds. The molecule has 0 saturated heterocycles. The maximum Gasteiger partial charge on any atom is 0.306 e. The second-order valence-corrected chi connectivity index (χ2v) is 5.08. The van der Waals surface area contributed by atoms with E-state index in [1.165, 1.54) is 0 Å². The van der Waals surface area contributed by atoms with Crippen LogP contribution >= 0.6 is 0 Å². The number of methoxy groups -OCH3 is 1. The fourth-order valence-corrected chi connectivity index (χ4v) is 2.70. The van der Waals surface area contributed by atoms with Crippen LogP contribution in [0.5, 0.6) is 5.75 Å². The highest BCUT2D eigenvalue weighted by molar-refractivity contribution is 5.94. The predicted octanol–water partition coefficient (Wildman–Crippen LogP) is 1.93. The van der Waals surface area contributed by atoms with E-state index in [1.54, 1.807) is 31.4 Å². The minimum Gasteiger partial charge on any atom is -0.497 e. The summed E-state index contributed by atoms with van der Waals surface area (Å²) in [5, 5.41) is 11.9. The van der Waals surface area contributed by atoms with Crippen molar-refractivity contribution in [3.8, 4) is 5.75 Å². The third-order valence-electron chi connectivity index (χ3n) is 3.83. The molecule has 1 aromatic rings.